The van der Waals surface area contributed by atoms with E-state index in [1.807, 2.05) is 24.3 Å². The number of ether oxygens (including phenoxy) is 3. The second-order valence-electron chi connectivity index (χ2n) is 9.32. The Morgan fingerprint density at radius 3 is 1.95 bits per heavy atom. The minimum atomic E-state index is -0.675. The number of nitrogens with one attached hydrogen (secondary N) is 1. The van der Waals surface area contributed by atoms with Crippen molar-refractivity contribution in [2.45, 2.75) is 26.2 Å². The Labute approximate surface area is 259 Å². The highest BCUT2D eigenvalue weighted by atomic mass is 35.5. The van der Waals surface area contributed by atoms with E-state index in [4.69, 9.17) is 37.4 Å². The van der Waals surface area contributed by atoms with Gasteiger partial charge in [-0.2, -0.15) is 5.10 Å². The van der Waals surface area contributed by atoms with Gasteiger partial charge in [-0.15, -0.1) is 0 Å². The van der Waals surface area contributed by atoms with Crippen LogP contribution in [0.3, 0.4) is 0 Å². The lowest BCUT2D eigenvalue weighted by molar-refractivity contribution is -0.123. The van der Waals surface area contributed by atoms with Gasteiger partial charge in [-0.3, -0.25) is 4.79 Å². The minimum Gasteiger partial charge on any atom is -0.484 e. The van der Waals surface area contributed by atoms with E-state index in [0.29, 0.717) is 21.4 Å². The van der Waals surface area contributed by atoms with E-state index < -0.39 is 17.8 Å². The van der Waals surface area contributed by atoms with Crippen molar-refractivity contribution in [1.29, 1.82) is 0 Å². The summed E-state index contributed by atoms with van der Waals surface area (Å²) >= 11 is 11.8. The summed E-state index contributed by atoms with van der Waals surface area (Å²) in [7, 11) is 0. The first-order valence-corrected chi connectivity index (χ1v) is 14.2. The number of amides is 1. The number of hydrogen-bond donors (Lipinski definition) is 1. The fraction of sp³-hybridized carbons (Fsp3) is 0.152. The summed E-state index contributed by atoms with van der Waals surface area (Å²) in [5.74, 6) is -1.06. The topological polar surface area (TPSA) is 103 Å². The van der Waals surface area contributed by atoms with Gasteiger partial charge in [0.1, 0.15) is 17.2 Å². The van der Waals surface area contributed by atoms with Gasteiger partial charge < -0.3 is 14.2 Å². The smallest absolute Gasteiger partial charge is 0.343 e. The molecular weight excluding hydrogens is 591 g/mol. The molecule has 0 aliphatic carbocycles. The number of nitrogens with zero attached hydrogens (tertiary/aromatic N) is 1. The van der Waals surface area contributed by atoms with E-state index in [9.17, 15) is 14.4 Å². The van der Waals surface area contributed by atoms with Gasteiger partial charge in [-0.05, 0) is 91.2 Å². The summed E-state index contributed by atoms with van der Waals surface area (Å²) in [5, 5.41) is 4.91. The Hall–Kier alpha value is -4.66. The quantitative estimate of drug-likeness (QED) is 0.0773. The van der Waals surface area contributed by atoms with E-state index in [2.05, 4.69) is 17.5 Å². The molecule has 43 heavy (non-hydrogen) atoms. The Morgan fingerprint density at radius 1 is 0.767 bits per heavy atom. The number of unbranched alkanes of at least 4 members (excludes halogenated alkanes) is 1. The molecule has 220 valence electrons. The lowest BCUT2D eigenvalue weighted by Crippen LogP contribution is -2.24. The summed E-state index contributed by atoms with van der Waals surface area (Å²) < 4.78 is 16.6. The maximum atomic E-state index is 12.8. The number of hydrazone groups is 1. The predicted molar refractivity (Wildman–Crippen MR) is 166 cm³/mol. The molecule has 8 nitrogen and oxygen atoms in total. The molecule has 0 aliphatic heterocycles. The van der Waals surface area contributed by atoms with E-state index in [0.717, 1.165) is 19.3 Å². The van der Waals surface area contributed by atoms with Gasteiger partial charge in [-0.25, -0.2) is 15.0 Å². The Bertz CT molecular complexity index is 1590. The van der Waals surface area contributed by atoms with Gasteiger partial charge in [0, 0.05) is 21.7 Å². The molecule has 4 aromatic rings. The molecule has 0 atom stereocenters. The van der Waals surface area contributed by atoms with Crippen molar-refractivity contribution >= 4 is 47.3 Å². The standard InChI is InChI=1S/C33H28Cl2N2O6/c1-2-3-4-22-5-16-28(17-6-22)41-21-31(38)37-36-20-25-11-18-29(42-32(39)23-7-12-26(34)13-8-23)19-30(25)43-33(40)24-9-14-27(35)15-10-24/h5-20H,2-4,21H2,1H3,(H,37,38)/b36-20-. The van der Waals surface area contributed by atoms with Crippen LogP contribution in [0.25, 0.3) is 0 Å². The molecule has 0 spiro atoms. The third kappa shape index (κ3) is 9.70. The summed E-state index contributed by atoms with van der Waals surface area (Å²) in [4.78, 5) is 37.7. The van der Waals surface area contributed by atoms with Crippen LogP contribution in [0.1, 0.15) is 51.6 Å². The molecule has 0 saturated heterocycles. The number of benzene rings is 4. The maximum Gasteiger partial charge on any atom is 0.343 e. The normalized spacial score (nSPS) is 10.8. The van der Waals surface area contributed by atoms with Crippen LogP contribution in [0.15, 0.2) is 96.1 Å². The first kappa shape index (κ1) is 31.3. The van der Waals surface area contributed by atoms with E-state index in [-0.39, 0.29) is 29.2 Å². The number of aryl methyl sites for hydroxylation is 1. The van der Waals surface area contributed by atoms with Gasteiger partial charge in [0.05, 0.1) is 17.3 Å². The van der Waals surface area contributed by atoms with E-state index in [1.165, 1.54) is 54.2 Å². The first-order valence-electron chi connectivity index (χ1n) is 13.4. The molecule has 0 heterocycles. The zero-order valence-corrected chi connectivity index (χ0v) is 24.7. The van der Waals surface area contributed by atoms with Crippen molar-refractivity contribution in [3.05, 3.63) is 123 Å². The van der Waals surface area contributed by atoms with Crippen LogP contribution in [0.5, 0.6) is 17.2 Å². The number of esters is 2. The first-order chi connectivity index (χ1) is 20.8. The highest BCUT2D eigenvalue weighted by Gasteiger charge is 2.15. The Morgan fingerprint density at radius 2 is 1.35 bits per heavy atom. The predicted octanol–water partition coefficient (Wildman–Crippen LogP) is 7.30. The van der Waals surface area contributed by atoms with Crippen LogP contribution >= 0.6 is 23.2 Å². The second kappa shape index (κ2) is 15.5. The summed E-state index contributed by atoms with van der Waals surface area (Å²) in [5.41, 5.74) is 4.46. The van der Waals surface area contributed by atoms with Crippen molar-refractivity contribution in [2.24, 2.45) is 5.10 Å². The lowest BCUT2D eigenvalue weighted by Gasteiger charge is -2.11. The molecular formula is C33H28Cl2N2O6. The zero-order valence-electron chi connectivity index (χ0n) is 23.2. The molecule has 0 saturated carbocycles. The molecule has 0 aliphatic rings. The molecule has 1 N–H and O–H groups in total. The number of halogens is 2. The molecule has 0 aromatic heterocycles. The van der Waals surface area contributed by atoms with E-state index in [1.54, 1.807) is 24.3 Å². The molecule has 10 heteroatoms. The molecule has 4 rings (SSSR count). The maximum absolute atomic E-state index is 12.8. The van der Waals surface area contributed by atoms with Crippen molar-refractivity contribution in [1.82, 2.24) is 5.43 Å². The van der Waals surface area contributed by atoms with Gasteiger partial charge >= 0.3 is 11.9 Å². The van der Waals surface area contributed by atoms with Crippen LogP contribution in [0.4, 0.5) is 0 Å². The molecule has 0 bridgehead atoms. The molecule has 0 radical (unpaired) electrons. The van der Waals surface area contributed by atoms with Crippen molar-refractivity contribution in [3.8, 4) is 17.2 Å². The van der Waals surface area contributed by atoms with Gasteiger partial charge in [0.2, 0.25) is 0 Å². The molecule has 0 unspecified atom stereocenters. The average molecular weight is 620 g/mol. The lowest BCUT2D eigenvalue weighted by atomic mass is 10.1. The van der Waals surface area contributed by atoms with Crippen LogP contribution in [0, 0.1) is 0 Å². The summed E-state index contributed by atoms with van der Waals surface area (Å²) in [6, 6.07) is 24.4. The Balaban J connectivity index is 1.43. The highest BCUT2D eigenvalue weighted by Crippen LogP contribution is 2.26. The van der Waals surface area contributed by atoms with Crippen molar-refractivity contribution < 1.29 is 28.6 Å². The third-order valence-electron chi connectivity index (χ3n) is 6.06. The van der Waals surface area contributed by atoms with Crippen molar-refractivity contribution in [2.75, 3.05) is 6.61 Å². The van der Waals surface area contributed by atoms with Crippen LogP contribution in [-0.4, -0.2) is 30.7 Å². The van der Waals surface area contributed by atoms with Crippen molar-refractivity contribution in [3.63, 3.8) is 0 Å². The molecule has 4 aromatic carbocycles. The average Bonchev–Trinajstić information content (AvgIpc) is 3.01. The van der Waals surface area contributed by atoms with E-state index >= 15 is 0 Å². The Kier molecular flexibility index (Phi) is 11.3. The number of hydrogen-bond acceptors (Lipinski definition) is 7. The number of carbonyl (C=O) groups is 3. The summed E-state index contributed by atoms with van der Waals surface area (Å²) in [6.07, 6.45) is 4.53. The third-order valence-corrected chi connectivity index (χ3v) is 6.57. The number of rotatable bonds is 12. The largest absolute Gasteiger partial charge is 0.484 e. The minimum absolute atomic E-state index is 0.0405. The molecule has 1 amide bonds. The van der Waals surface area contributed by atoms with Gasteiger partial charge in [0.15, 0.2) is 6.61 Å². The summed E-state index contributed by atoms with van der Waals surface area (Å²) in [6.45, 7) is 1.90. The second-order valence-corrected chi connectivity index (χ2v) is 10.2. The fourth-order valence-electron chi connectivity index (χ4n) is 3.76. The van der Waals surface area contributed by atoms with Crippen LogP contribution in [0.2, 0.25) is 10.0 Å². The highest BCUT2D eigenvalue weighted by molar-refractivity contribution is 6.31. The fourth-order valence-corrected chi connectivity index (χ4v) is 4.01. The SMILES string of the molecule is CCCCc1ccc(OCC(=O)N/N=C\c2ccc(OC(=O)c3ccc(Cl)cc3)cc2OC(=O)c2ccc(Cl)cc2)cc1. The zero-order chi connectivity index (χ0) is 30.6. The van der Waals surface area contributed by atoms with Crippen LogP contribution < -0.4 is 19.6 Å². The van der Waals surface area contributed by atoms with Gasteiger partial charge in [0.25, 0.3) is 5.91 Å². The van der Waals surface area contributed by atoms with Crippen LogP contribution in [-0.2, 0) is 11.2 Å². The van der Waals surface area contributed by atoms with Gasteiger partial charge in [-0.1, -0.05) is 48.7 Å². The monoisotopic (exact) mass is 618 g/mol. The number of carbonyl (C=O) groups excluding carboxylic acids is 3. The molecule has 0 fully saturated rings.